The Kier molecular flexibility index (Phi) is 9.08. The van der Waals surface area contributed by atoms with Crippen molar-refractivity contribution < 1.29 is 9.18 Å². The molecule has 1 aliphatic heterocycles. The maximum absolute atomic E-state index is 13.8. The van der Waals surface area contributed by atoms with Crippen LogP contribution in [0.3, 0.4) is 0 Å². The predicted octanol–water partition coefficient (Wildman–Crippen LogP) is 4.71. The van der Waals surface area contributed by atoms with Crippen molar-refractivity contribution in [3.05, 3.63) is 73.4 Å². The average Bonchev–Trinajstić information content (AvgIpc) is 2.79. The molecule has 2 heterocycles. The zero-order valence-electron chi connectivity index (χ0n) is 19.3. The highest BCUT2D eigenvalue weighted by molar-refractivity contribution is 6.35. The molecule has 0 bridgehead atoms. The second-order valence-corrected chi connectivity index (χ2v) is 9.19. The van der Waals surface area contributed by atoms with Gasteiger partial charge >= 0.3 is 0 Å². The maximum Gasteiger partial charge on any atom is 0.256 e. The summed E-state index contributed by atoms with van der Waals surface area (Å²) in [6.07, 6.45) is 3.11. The van der Waals surface area contributed by atoms with Gasteiger partial charge in [0.05, 0.1) is 17.6 Å². The summed E-state index contributed by atoms with van der Waals surface area (Å²) in [6.45, 7) is 3.81. The number of anilines is 1. The number of aromatic nitrogens is 1. The number of carbonyl (C=O) groups excluding carboxylic acids is 1. The van der Waals surface area contributed by atoms with Gasteiger partial charge in [0.2, 0.25) is 0 Å². The van der Waals surface area contributed by atoms with E-state index in [2.05, 4.69) is 29.2 Å². The smallest absolute Gasteiger partial charge is 0.256 e. The van der Waals surface area contributed by atoms with E-state index in [0.29, 0.717) is 30.7 Å². The molecule has 182 valence electrons. The third kappa shape index (κ3) is 6.16. The summed E-state index contributed by atoms with van der Waals surface area (Å²) in [4.78, 5) is 27.3. The van der Waals surface area contributed by atoms with Gasteiger partial charge in [-0.25, -0.2) is 4.39 Å². The van der Waals surface area contributed by atoms with E-state index in [1.165, 1.54) is 23.3 Å². The van der Waals surface area contributed by atoms with E-state index in [-0.39, 0.29) is 23.2 Å². The van der Waals surface area contributed by atoms with Crippen molar-refractivity contribution >= 4 is 45.9 Å². The first kappa shape index (κ1) is 26.2. The van der Waals surface area contributed by atoms with Crippen molar-refractivity contribution in [3.8, 4) is 0 Å². The van der Waals surface area contributed by atoms with E-state index in [1.807, 2.05) is 12.1 Å². The topological polar surface area (TPSA) is 91.2 Å². The zero-order valence-corrected chi connectivity index (χ0v) is 20.8. The Bertz CT molecular complexity index is 1230. The largest absolute Gasteiger partial charge is 0.376 e. The minimum absolute atomic E-state index is 0.0195. The lowest BCUT2D eigenvalue weighted by atomic mass is 9.94. The van der Waals surface area contributed by atoms with Crippen LogP contribution in [0.2, 0.25) is 10.0 Å². The van der Waals surface area contributed by atoms with E-state index in [4.69, 9.17) is 28.9 Å². The van der Waals surface area contributed by atoms with Gasteiger partial charge in [-0.15, -0.1) is 0 Å². The molecule has 4 N–H and O–H groups in total. The number of benzene rings is 2. The molecule has 34 heavy (non-hydrogen) atoms. The van der Waals surface area contributed by atoms with E-state index in [0.717, 1.165) is 35.1 Å². The molecular weight excluding hydrogens is 478 g/mol. The van der Waals surface area contributed by atoms with Gasteiger partial charge in [-0.1, -0.05) is 23.2 Å². The Hall–Kier alpha value is -2.45. The van der Waals surface area contributed by atoms with Gasteiger partial charge in [0, 0.05) is 28.3 Å². The molecule has 0 radical (unpaired) electrons. The van der Waals surface area contributed by atoms with Crippen LogP contribution in [0.1, 0.15) is 36.2 Å². The summed E-state index contributed by atoms with van der Waals surface area (Å²) in [5, 5.41) is 5.12. The van der Waals surface area contributed by atoms with Gasteiger partial charge in [0.25, 0.3) is 5.56 Å². The number of halogens is 3. The van der Waals surface area contributed by atoms with Crippen LogP contribution in [-0.2, 0) is 17.6 Å². The molecule has 2 aromatic carbocycles. The molecule has 1 unspecified atom stereocenters. The Labute approximate surface area is 208 Å². The fraction of sp³-hybridized carbons (Fsp3) is 0.360. The molecular formula is C25H29Cl2FN4O2. The quantitative estimate of drug-likeness (QED) is 0.421. The minimum atomic E-state index is -0.556. The van der Waals surface area contributed by atoms with Crippen molar-refractivity contribution in [2.45, 2.75) is 32.2 Å². The molecule has 0 amide bonds. The molecule has 0 spiro atoms. The highest BCUT2D eigenvalue weighted by atomic mass is 35.5. The van der Waals surface area contributed by atoms with Crippen molar-refractivity contribution in [1.82, 2.24) is 9.88 Å². The SMILES string of the molecule is CC1c2c(Cl)cc(Cl)cc2CCN1C.NCCCc1cc2cc(NCC=O)c(F)cc2c(=O)[nH]1. The molecule has 4 rings (SSSR count). The Balaban J connectivity index is 0.000000202. The van der Waals surface area contributed by atoms with E-state index >= 15 is 0 Å². The predicted molar refractivity (Wildman–Crippen MR) is 138 cm³/mol. The molecule has 0 saturated heterocycles. The minimum Gasteiger partial charge on any atom is -0.376 e. The molecule has 0 fully saturated rings. The fourth-order valence-electron chi connectivity index (χ4n) is 4.08. The average molecular weight is 507 g/mol. The van der Waals surface area contributed by atoms with Gasteiger partial charge in [-0.3, -0.25) is 9.69 Å². The maximum atomic E-state index is 13.8. The second-order valence-electron chi connectivity index (χ2n) is 8.35. The number of carbonyl (C=O) groups is 1. The molecule has 0 saturated carbocycles. The van der Waals surface area contributed by atoms with Crippen LogP contribution in [0.4, 0.5) is 10.1 Å². The lowest BCUT2D eigenvalue weighted by molar-refractivity contribution is -0.106. The zero-order chi connectivity index (χ0) is 24.8. The first-order valence-corrected chi connectivity index (χ1v) is 11.9. The van der Waals surface area contributed by atoms with Crippen LogP contribution in [0.15, 0.2) is 35.1 Å². The normalized spacial score (nSPS) is 15.4. The number of hydrogen-bond acceptors (Lipinski definition) is 5. The van der Waals surface area contributed by atoms with Gasteiger partial charge in [-0.2, -0.15) is 0 Å². The third-order valence-electron chi connectivity index (χ3n) is 6.01. The van der Waals surface area contributed by atoms with Crippen molar-refractivity contribution in [1.29, 1.82) is 0 Å². The van der Waals surface area contributed by atoms with Crippen LogP contribution in [0.25, 0.3) is 10.8 Å². The number of aldehydes is 1. The van der Waals surface area contributed by atoms with Crippen molar-refractivity contribution in [2.75, 3.05) is 32.0 Å². The molecule has 9 heteroatoms. The molecule has 0 aliphatic carbocycles. The van der Waals surface area contributed by atoms with Gasteiger partial charge in [0.15, 0.2) is 0 Å². The van der Waals surface area contributed by atoms with Crippen LogP contribution >= 0.6 is 23.2 Å². The summed E-state index contributed by atoms with van der Waals surface area (Å²) in [5.74, 6) is -0.556. The van der Waals surface area contributed by atoms with E-state index in [9.17, 15) is 14.0 Å². The number of aryl methyl sites for hydroxylation is 1. The number of H-pyrrole nitrogens is 1. The van der Waals surface area contributed by atoms with Crippen molar-refractivity contribution in [3.63, 3.8) is 0 Å². The van der Waals surface area contributed by atoms with Crippen LogP contribution in [0.5, 0.6) is 0 Å². The summed E-state index contributed by atoms with van der Waals surface area (Å²) in [5.41, 5.74) is 8.63. The molecule has 3 aromatic rings. The summed E-state index contributed by atoms with van der Waals surface area (Å²) in [6, 6.07) is 8.77. The van der Waals surface area contributed by atoms with E-state index in [1.54, 1.807) is 6.07 Å². The third-order valence-corrected chi connectivity index (χ3v) is 6.54. The number of nitrogens with zero attached hydrogens (tertiary/aromatic N) is 1. The van der Waals surface area contributed by atoms with Crippen LogP contribution < -0.4 is 16.6 Å². The molecule has 6 nitrogen and oxygen atoms in total. The molecule has 1 aromatic heterocycles. The number of likely N-dealkylation sites (N-methyl/N-ethyl adjacent to an activating group) is 1. The number of aromatic amines is 1. The number of hydrogen-bond donors (Lipinski definition) is 3. The summed E-state index contributed by atoms with van der Waals surface area (Å²) < 4.78 is 13.8. The van der Waals surface area contributed by atoms with E-state index < -0.39 is 5.82 Å². The number of rotatable bonds is 6. The van der Waals surface area contributed by atoms with Crippen LogP contribution in [-0.4, -0.2) is 42.9 Å². The number of nitrogens with one attached hydrogen (secondary N) is 2. The Morgan fingerprint density at radius 3 is 2.74 bits per heavy atom. The summed E-state index contributed by atoms with van der Waals surface area (Å²) >= 11 is 12.2. The monoisotopic (exact) mass is 506 g/mol. The fourth-order valence-corrected chi connectivity index (χ4v) is 4.77. The highest BCUT2D eigenvalue weighted by Gasteiger charge is 2.23. The number of pyridine rings is 1. The van der Waals surface area contributed by atoms with Gasteiger partial charge < -0.3 is 20.8 Å². The second kappa shape index (κ2) is 11.8. The lowest BCUT2D eigenvalue weighted by Crippen LogP contribution is -2.30. The van der Waals surface area contributed by atoms with Gasteiger partial charge in [0.1, 0.15) is 12.1 Å². The molecule has 1 aliphatic rings. The number of fused-ring (bicyclic) bond motifs is 2. The Morgan fingerprint density at radius 2 is 2.03 bits per heavy atom. The first-order chi connectivity index (χ1) is 16.2. The molecule has 1 atom stereocenters. The first-order valence-electron chi connectivity index (χ1n) is 11.2. The standard InChI is InChI=1S/C14H16FN3O2.C11H13Cl2N/c15-12-8-11-9(7-13(12)17-4-5-19)6-10(2-1-3-16)18-14(11)20;1-7-11-8(3-4-14(7)2)5-9(12)6-10(11)13/h5-8,17H,1-4,16H2,(H,18,20);5-7H,3-4H2,1-2H3. The van der Waals surface area contributed by atoms with Gasteiger partial charge in [-0.05, 0) is 86.6 Å². The lowest BCUT2D eigenvalue weighted by Gasteiger charge is -2.32. The van der Waals surface area contributed by atoms with Crippen LogP contribution in [0, 0.1) is 5.82 Å². The number of nitrogens with two attached hydrogens (primary N) is 1. The van der Waals surface area contributed by atoms with Crippen molar-refractivity contribution in [2.24, 2.45) is 5.73 Å². The highest BCUT2D eigenvalue weighted by Crippen LogP contribution is 2.35. The summed E-state index contributed by atoms with van der Waals surface area (Å²) in [7, 11) is 2.12. The Morgan fingerprint density at radius 1 is 1.26 bits per heavy atom.